The molecule has 0 aliphatic carbocycles. The Bertz CT molecular complexity index is 1570. The van der Waals surface area contributed by atoms with E-state index in [4.69, 9.17) is 23.1 Å². The number of aliphatic imine (C=N–C) groups is 1. The van der Waals surface area contributed by atoms with Crippen LogP contribution in [0.15, 0.2) is 58.4 Å². The first kappa shape index (κ1) is 31.4. The Morgan fingerprint density at radius 1 is 1.19 bits per heavy atom. The second-order valence-electron chi connectivity index (χ2n) is 10.8. The van der Waals surface area contributed by atoms with Crippen LogP contribution in [0.3, 0.4) is 0 Å². The highest BCUT2D eigenvalue weighted by Crippen LogP contribution is 2.31. The Labute approximate surface area is 251 Å². The molecule has 8 nitrogen and oxygen atoms in total. The van der Waals surface area contributed by atoms with Gasteiger partial charge in [0.2, 0.25) is 0 Å². The lowest BCUT2D eigenvalue weighted by Crippen LogP contribution is -2.26. The number of rotatable bonds is 14. The molecular formula is C32H41ClFN7O. The Hall–Kier alpha value is -3.53. The van der Waals surface area contributed by atoms with Crippen molar-refractivity contribution in [2.45, 2.75) is 58.4 Å². The minimum Gasteiger partial charge on any atom is -0.388 e. The van der Waals surface area contributed by atoms with E-state index in [9.17, 15) is 4.79 Å². The molecule has 42 heavy (non-hydrogen) atoms. The van der Waals surface area contributed by atoms with Crippen molar-refractivity contribution < 1.29 is 4.39 Å². The lowest BCUT2D eigenvalue weighted by Gasteiger charge is -2.28. The van der Waals surface area contributed by atoms with Crippen molar-refractivity contribution in [3.05, 3.63) is 81.1 Å². The minimum atomic E-state index is -0.509. The van der Waals surface area contributed by atoms with Gasteiger partial charge in [0.05, 0.1) is 22.2 Å². The van der Waals surface area contributed by atoms with E-state index in [0.717, 1.165) is 50.6 Å². The number of aromatic nitrogens is 3. The predicted molar refractivity (Wildman–Crippen MR) is 171 cm³/mol. The zero-order valence-electron chi connectivity index (χ0n) is 24.7. The summed E-state index contributed by atoms with van der Waals surface area (Å²) >= 11 is 6.23. The zero-order valence-corrected chi connectivity index (χ0v) is 25.4. The summed E-state index contributed by atoms with van der Waals surface area (Å²) in [5.41, 5.74) is 14.9. The van der Waals surface area contributed by atoms with Gasteiger partial charge in [-0.15, -0.1) is 0 Å². The Morgan fingerprint density at radius 3 is 2.64 bits per heavy atom. The molecule has 0 aliphatic rings. The van der Waals surface area contributed by atoms with Crippen LogP contribution in [0.5, 0.6) is 0 Å². The normalized spacial score (nSPS) is 12.9. The van der Waals surface area contributed by atoms with E-state index >= 15 is 4.39 Å². The Balaban J connectivity index is 1.59. The molecule has 4 aromatic rings. The van der Waals surface area contributed by atoms with Gasteiger partial charge in [0.1, 0.15) is 5.65 Å². The van der Waals surface area contributed by atoms with E-state index in [1.807, 2.05) is 12.1 Å². The molecule has 0 bridgehead atoms. The summed E-state index contributed by atoms with van der Waals surface area (Å²) in [6.45, 7) is 6.21. The van der Waals surface area contributed by atoms with Crippen LogP contribution >= 0.6 is 11.6 Å². The van der Waals surface area contributed by atoms with Crippen LogP contribution in [-0.2, 0) is 6.42 Å². The van der Waals surface area contributed by atoms with E-state index in [1.165, 1.54) is 10.1 Å². The summed E-state index contributed by atoms with van der Waals surface area (Å²) in [5.74, 6) is 0.0994. The highest BCUT2D eigenvalue weighted by atomic mass is 35.5. The molecule has 0 radical (unpaired) electrons. The monoisotopic (exact) mass is 593 g/mol. The summed E-state index contributed by atoms with van der Waals surface area (Å²) in [6, 6.07) is 13.5. The SMILES string of the molecule is CCCC(c1ccc(-n2cc3cc(-c4cc(CCCCN)cc(Cl)c4F)[nH]c3nc2=O)cc1)N(C)CCCN=C(C)N. The fraction of sp³-hybridized carbons (Fsp3) is 0.406. The second-order valence-corrected chi connectivity index (χ2v) is 11.2. The maximum Gasteiger partial charge on any atom is 0.354 e. The van der Waals surface area contributed by atoms with Crippen molar-refractivity contribution in [1.29, 1.82) is 0 Å². The van der Waals surface area contributed by atoms with Gasteiger partial charge in [-0.2, -0.15) is 4.98 Å². The van der Waals surface area contributed by atoms with Gasteiger partial charge in [-0.1, -0.05) is 37.1 Å². The molecule has 1 unspecified atom stereocenters. The number of amidine groups is 1. The van der Waals surface area contributed by atoms with Crippen LogP contribution < -0.4 is 17.2 Å². The van der Waals surface area contributed by atoms with Crippen LogP contribution in [0, 0.1) is 5.82 Å². The van der Waals surface area contributed by atoms with Crippen molar-refractivity contribution in [2.75, 3.05) is 26.7 Å². The number of H-pyrrole nitrogens is 1. The van der Waals surface area contributed by atoms with Gasteiger partial charge in [0.15, 0.2) is 5.82 Å². The summed E-state index contributed by atoms with van der Waals surface area (Å²) in [4.78, 5) is 27.0. The molecule has 4 rings (SSSR count). The van der Waals surface area contributed by atoms with Gasteiger partial charge in [-0.3, -0.25) is 14.5 Å². The predicted octanol–water partition coefficient (Wildman–Crippen LogP) is 5.99. The molecule has 224 valence electrons. The number of hydrogen-bond acceptors (Lipinski definition) is 5. The van der Waals surface area contributed by atoms with E-state index in [-0.39, 0.29) is 11.1 Å². The van der Waals surface area contributed by atoms with Crippen molar-refractivity contribution in [3.8, 4) is 16.9 Å². The summed E-state index contributed by atoms with van der Waals surface area (Å²) in [6.07, 6.45) is 7.26. The van der Waals surface area contributed by atoms with Crippen LogP contribution in [0.2, 0.25) is 5.02 Å². The Morgan fingerprint density at radius 2 is 1.95 bits per heavy atom. The number of halogens is 2. The lowest BCUT2D eigenvalue weighted by molar-refractivity contribution is 0.230. The van der Waals surface area contributed by atoms with Gasteiger partial charge in [0.25, 0.3) is 0 Å². The summed E-state index contributed by atoms with van der Waals surface area (Å²) in [5, 5.41) is 0.754. The fourth-order valence-corrected chi connectivity index (χ4v) is 5.53. The highest BCUT2D eigenvalue weighted by molar-refractivity contribution is 6.31. The molecular weight excluding hydrogens is 553 g/mol. The largest absolute Gasteiger partial charge is 0.388 e. The highest BCUT2D eigenvalue weighted by Gasteiger charge is 2.18. The molecule has 2 heterocycles. The van der Waals surface area contributed by atoms with Crippen molar-refractivity contribution in [3.63, 3.8) is 0 Å². The Kier molecular flexibility index (Phi) is 10.9. The average molecular weight is 594 g/mol. The van der Waals surface area contributed by atoms with Crippen LogP contribution in [0.4, 0.5) is 4.39 Å². The molecule has 0 aliphatic heterocycles. The topological polar surface area (TPSA) is 118 Å². The first-order valence-corrected chi connectivity index (χ1v) is 15.0. The van der Waals surface area contributed by atoms with Gasteiger partial charge < -0.3 is 16.5 Å². The molecule has 0 spiro atoms. The number of aromatic amines is 1. The second kappa shape index (κ2) is 14.6. The quantitative estimate of drug-likeness (QED) is 0.0942. The molecule has 1 atom stereocenters. The van der Waals surface area contributed by atoms with Crippen LogP contribution in [0.1, 0.15) is 63.1 Å². The molecule has 0 fully saturated rings. The summed E-state index contributed by atoms with van der Waals surface area (Å²) in [7, 11) is 2.13. The third-order valence-electron chi connectivity index (χ3n) is 7.49. The van der Waals surface area contributed by atoms with Crippen LogP contribution in [0.25, 0.3) is 28.0 Å². The van der Waals surface area contributed by atoms with Crippen molar-refractivity contribution in [1.82, 2.24) is 19.4 Å². The van der Waals surface area contributed by atoms with E-state index < -0.39 is 11.5 Å². The molecule has 5 N–H and O–H groups in total. The maximum atomic E-state index is 15.1. The molecule has 0 amide bonds. The third kappa shape index (κ3) is 7.65. The van der Waals surface area contributed by atoms with E-state index in [1.54, 1.807) is 31.3 Å². The van der Waals surface area contributed by atoms with E-state index in [0.29, 0.717) is 46.9 Å². The number of nitrogens with zero attached hydrogens (tertiary/aromatic N) is 4. The van der Waals surface area contributed by atoms with Gasteiger partial charge in [-0.05, 0) is 94.1 Å². The zero-order chi connectivity index (χ0) is 30.2. The van der Waals surface area contributed by atoms with Gasteiger partial charge in [0, 0.05) is 36.3 Å². The fourth-order valence-electron chi connectivity index (χ4n) is 5.29. The van der Waals surface area contributed by atoms with E-state index in [2.05, 4.69) is 46.0 Å². The number of aryl methyl sites for hydroxylation is 1. The number of hydrogen-bond donors (Lipinski definition) is 3. The average Bonchev–Trinajstić information content (AvgIpc) is 3.38. The van der Waals surface area contributed by atoms with Gasteiger partial charge >= 0.3 is 5.69 Å². The van der Waals surface area contributed by atoms with Gasteiger partial charge in [-0.25, -0.2) is 9.18 Å². The number of nitrogens with one attached hydrogen (secondary N) is 1. The third-order valence-corrected chi connectivity index (χ3v) is 7.76. The number of benzene rings is 2. The molecule has 2 aromatic heterocycles. The smallest absolute Gasteiger partial charge is 0.354 e. The van der Waals surface area contributed by atoms with Crippen LogP contribution in [-0.4, -0.2) is 52.0 Å². The van der Waals surface area contributed by atoms with Crippen molar-refractivity contribution in [2.24, 2.45) is 16.5 Å². The van der Waals surface area contributed by atoms with Crippen molar-refractivity contribution >= 4 is 28.5 Å². The number of unbranched alkanes of at least 4 members (excludes halogenated alkanes) is 1. The maximum absolute atomic E-state index is 15.1. The first-order valence-electron chi connectivity index (χ1n) is 14.6. The molecule has 0 saturated carbocycles. The molecule has 0 saturated heterocycles. The molecule has 2 aromatic carbocycles. The standard InChI is InChI=1S/C32H41ClFN7O/c1-4-8-29(40(3)16-7-15-37-21(2)36)23-10-12-25(13-11-23)41-20-24-19-28(38-31(24)39-32(41)42)26-17-22(9-5-6-14-35)18-27(33)30(26)34/h10-13,17-20,29H,4-9,14-16,35H2,1-3H3,(H2,36,37)(H,38,39,42). The molecule has 10 heteroatoms. The number of fused-ring (bicyclic) bond motifs is 1. The number of nitrogens with two attached hydrogens (primary N) is 2. The first-order chi connectivity index (χ1) is 20.2. The minimum absolute atomic E-state index is 0.0627. The summed E-state index contributed by atoms with van der Waals surface area (Å²) < 4.78 is 16.6. The lowest BCUT2D eigenvalue weighted by atomic mass is 10.0.